The van der Waals surface area contributed by atoms with Crippen molar-refractivity contribution < 1.29 is 27.4 Å². The molecule has 1 aliphatic rings. The molecule has 2 rings (SSSR count). The van der Waals surface area contributed by atoms with E-state index in [4.69, 9.17) is 14.2 Å². The number of nitrogens with one attached hydrogen (secondary N) is 2. The maximum absolute atomic E-state index is 13.5. The Morgan fingerprint density at radius 3 is 2.61 bits per heavy atom. The zero-order valence-corrected chi connectivity index (χ0v) is 18.6. The van der Waals surface area contributed by atoms with Gasteiger partial charge in [-0.2, -0.15) is 13.2 Å². The Labute approximate surface area is 182 Å². The van der Waals surface area contributed by atoms with Crippen molar-refractivity contribution in [3.63, 3.8) is 0 Å². The summed E-state index contributed by atoms with van der Waals surface area (Å²) < 4.78 is 56.9. The van der Waals surface area contributed by atoms with Gasteiger partial charge in [-0.1, -0.05) is 6.07 Å². The molecule has 1 saturated heterocycles. The van der Waals surface area contributed by atoms with Crippen LogP contribution in [0.2, 0.25) is 0 Å². The Balaban J connectivity index is 1.76. The molecule has 2 N–H and O–H groups in total. The summed E-state index contributed by atoms with van der Waals surface area (Å²) in [5, 5.41) is 6.05. The highest BCUT2D eigenvalue weighted by Crippen LogP contribution is 2.34. The summed E-state index contributed by atoms with van der Waals surface area (Å²) in [6, 6.07) is 4.03. The van der Waals surface area contributed by atoms with Crippen LogP contribution in [0.5, 0.6) is 5.75 Å². The van der Waals surface area contributed by atoms with E-state index in [9.17, 15) is 13.2 Å². The lowest BCUT2D eigenvalue weighted by molar-refractivity contribution is -0.138. The van der Waals surface area contributed by atoms with Crippen molar-refractivity contribution in [2.75, 3.05) is 40.0 Å². The molecule has 0 unspecified atom stereocenters. The van der Waals surface area contributed by atoms with E-state index in [2.05, 4.69) is 15.6 Å². The van der Waals surface area contributed by atoms with Crippen molar-refractivity contribution in [3.8, 4) is 5.75 Å². The van der Waals surface area contributed by atoms with E-state index in [1.165, 1.54) is 6.07 Å². The maximum atomic E-state index is 13.5. The second-order valence-electron chi connectivity index (χ2n) is 7.82. The second-order valence-corrected chi connectivity index (χ2v) is 7.82. The third kappa shape index (κ3) is 9.35. The first kappa shape index (κ1) is 25.3. The molecule has 1 aromatic rings. The number of hydrogen-bond acceptors (Lipinski definition) is 4. The number of nitrogens with zero attached hydrogens (tertiary/aromatic N) is 1. The lowest BCUT2D eigenvalue weighted by Crippen LogP contribution is -2.38. The first-order valence-electron chi connectivity index (χ1n) is 10.8. The summed E-state index contributed by atoms with van der Waals surface area (Å²) in [4.78, 5) is 4.08. The molecule has 0 radical (unpaired) electrons. The Bertz CT molecular complexity index is 690. The molecule has 1 aromatic carbocycles. The summed E-state index contributed by atoms with van der Waals surface area (Å²) in [6.45, 7) is 7.13. The van der Waals surface area contributed by atoms with Gasteiger partial charge >= 0.3 is 6.18 Å². The molecule has 0 bridgehead atoms. The molecule has 0 spiro atoms. The summed E-state index contributed by atoms with van der Waals surface area (Å²) in [7, 11) is 1.58. The second kappa shape index (κ2) is 12.8. The van der Waals surface area contributed by atoms with E-state index in [0.717, 1.165) is 45.1 Å². The lowest BCUT2D eigenvalue weighted by atomic mass is 10.0. The molecule has 0 saturated carbocycles. The third-order valence-corrected chi connectivity index (χ3v) is 4.88. The van der Waals surface area contributed by atoms with Crippen LogP contribution in [-0.4, -0.2) is 52.1 Å². The van der Waals surface area contributed by atoms with Gasteiger partial charge in [-0.15, -0.1) is 0 Å². The number of ether oxygens (including phenoxy) is 3. The van der Waals surface area contributed by atoms with E-state index in [-0.39, 0.29) is 24.0 Å². The summed E-state index contributed by atoms with van der Waals surface area (Å²) >= 11 is 0. The predicted octanol–water partition coefficient (Wildman–Crippen LogP) is 3.99. The van der Waals surface area contributed by atoms with Crippen molar-refractivity contribution in [2.45, 2.75) is 51.9 Å². The van der Waals surface area contributed by atoms with E-state index in [1.54, 1.807) is 27.0 Å². The minimum Gasteiger partial charge on any atom is -0.491 e. The standard InChI is InChI=1S/C22H34F3N3O3/c1-16(2)31-19-6-5-18(20(13-19)22(23,24)25)14-28-21(26-3)27-9-4-10-30-15-17-7-11-29-12-8-17/h5-6,13,16-17H,4,7-12,14-15H2,1-3H3,(H2,26,27,28). The summed E-state index contributed by atoms with van der Waals surface area (Å²) in [6.07, 6.45) is -1.81. The number of guanidine groups is 1. The minimum atomic E-state index is -4.47. The molecule has 0 amide bonds. The van der Waals surface area contributed by atoms with Crippen LogP contribution in [0.25, 0.3) is 0 Å². The Morgan fingerprint density at radius 2 is 1.97 bits per heavy atom. The monoisotopic (exact) mass is 445 g/mol. The Kier molecular flexibility index (Phi) is 10.4. The highest BCUT2D eigenvalue weighted by atomic mass is 19.4. The molecule has 0 atom stereocenters. The summed E-state index contributed by atoms with van der Waals surface area (Å²) in [5.41, 5.74) is -0.582. The number of aliphatic imine (C=N–C) groups is 1. The quantitative estimate of drug-likeness (QED) is 0.324. The molecular weight excluding hydrogens is 411 g/mol. The van der Waals surface area contributed by atoms with E-state index >= 15 is 0 Å². The highest BCUT2D eigenvalue weighted by molar-refractivity contribution is 5.79. The number of alkyl halides is 3. The van der Waals surface area contributed by atoms with Crippen LogP contribution < -0.4 is 15.4 Å². The van der Waals surface area contributed by atoms with Gasteiger partial charge in [0.2, 0.25) is 0 Å². The van der Waals surface area contributed by atoms with E-state index in [1.807, 2.05) is 0 Å². The van der Waals surface area contributed by atoms with E-state index < -0.39 is 11.7 Å². The molecule has 1 fully saturated rings. The first-order valence-corrected chi connectivity index (χ1v) is 10.8. The van der Waals surface area contributed by atoms with Gasteiger partial charge < -0.3 is 24.8 Å². The molecule has 0 aliphatic carbocycles. The SMILES string of the molecule is CN=C(NCCCOCC1CCOCC1)NCc1ccc(OC(C)C)cc1C(F)(F)F. The molecule has 6 nitrogen and oxygen atoms in total. The number of rotatable bonds is 10. The van der Waals surface area contributed by atoms with Crippen molar-refractivity contribution in [2.24, 2.45) is 10.9 Å². The van der Waals surface area contributed by atoms with Gasteiger partial charge in [-0.25, -0.2) is 0 Å². The number of hydrogen-bond donors (Lipinski definition) is 2. The zero-order valence-electron chi connectivity index (χ0n) is 18.6. The lowest BCUT2D eigenvalue weighted by Gasteiger charge is -2.21. The third-order valence-electron chi connectivity index (χ3n) is 4.88. The molecular formula is C22H34F3N3O3. The molecule has 9 heteroatoms. The van der Waals surface area contributed by atoms with Crippen LogP contribution in [0.15, 0.2) is 23.2 Å². The van der Waals surface area contributed by atoms with Gasteiger partial charge in [0.1, 0.15) is 5.75 Å². The van der Waals surface area contributed by atoms with Crippen molar-refractivity contribution in [1.82, 2.24) is 10.6 Å². The number of halogens is 3. The van der Waals surface area contributed by atoms with Crippen LogP contribution in [0.1, 0.15) is 44.2 Å². The van der Waals surface area contributed by atoms with Crippen molar-refractivity contribution in [1.29, 1.82) is 0 Å². The molecule has 1 aliphatic heterocycles. The van der Waals surface area contributed by atoms with Gasteiger partial charge in [0, 0.05) is 46.6 Å². The Morgan fingerprint density at radius 1 is 1.23 bits per heavy atom. The molecule has 176 valence electrons. The van der Waals surface area contributed by atoms with Crippen LogP contribution in [0.4, 0.5) is 13.2 Å². The van der Waals surface area contributed by atoms with Crippen LogP contribution in [0.3, 0.4) is 0 Å². The van der Waals surface area contributed by atoms with Gasteiger partial charge in [0.25, 0.3) is 0 Å². The predicted molar refractivity (Wildman–Crippen MR) is 114 cm³/mol. The van der Waals surface area contributed by atoms with Gasteiger partial charge in [-0.3, -0.25) is 4.99 Å². The van der Waals surface area contributed by atoms with Crippen LogP contribution in [-0.2, 0) is 22.2 Å². The van der Waals surface area contributed by atoms with Gasteiger partial charge in [0.15, 0.2) is 5.96 Å². The summed E-state index contributed by atoms with van der Waals surface area (Å²) in [5.74, 6) is 1.21. The molecule has 1 heterocycles. The fourth-order valence-electron chi connectivity index (χ4n) is 3.26. The maximum Gasteiger partial charge on any atom is 0.416 e. The molecule has 0 aromatic heterocycles. The van der Waals surface area contributed by atoms with Gasteiger partial charge in [-0.05, 0) is 56.7 Å². The average molecular weight is 446 g/mol. The largest absolute Gasteiger partial charge is 0.491 e. The minimum absolute atomic E-state index is 0.00325. The zero-order chi connectivity index (χ0) is 22.7. The fraction of sp³-hybridized carbons (Fsp3) is 0.682. The Hall–Kier alpha value is -2.00. The van der Waals surface area contributed by atoms with Crippen molar-refractivity contribution >= 4 is 5.96 Å². The van der Waals surface area contributed by atoms with Crippen LogP contribution >= 0.6 is 0 Å². The van der Waals surface area contributed by atoms with Gasteiger partial charge in [0.05, 0.1) is 11.7 Å². The smallest absolute Gasteiger partial charge is 0.416 e. The van der Waals surface area contributed by atoms with Crippen molar-refractivity contribution in [3.05, 3.63) is 29.3 Å². The van der Waals surface area contributed by atoms with E-state index in [0.29, 0.717) is 25.0 Å². The normalized spacial score (nSPS) is 15.9. The van der Waals surface area contributed by atoms with Crippen LogP contribution in [0, 0.1) is 5.92 Å². The topological polar surface area (TPSA) is 64.1 Å². The first-order chi connectivity index (χ1) is 14.8. The number of benzene rings is 1. The fourth-order valence-corrected chi connectivity index (χ4v) is 3.26. The molecule has 31 heavy (non-hydrogen) atoms. The average Bonchev–Trinajstić information content (AvgIpc) is 2.73. The highest BCUT2D eigenvalue weighted by Gasteiger charge is 2.33.